The van der Waals surface area contributed by atoms with Crippen LogP contribution in [-0.2, 0) is 0 Å². The molecule has 0 aliphatic heterocycles. The first-order valence-electron chi connectivity index (χ1n) is 4.06. The SMILES string of the molecule is Nc1oncc1-c1cc(Br)c(F)c(F)c1F. The van der Waals surface area contributed by atoms with Crippen molar-refractivity contribution in [3.05, 3.63) is 34.2 Å². The zero-order chi connectivity index (χ0) is 11.9. The number of rotatable bonds is 1. The highest BCUT2D eigenvalue weighted by Gasteiger charge is 2.21. The van der Waals surface area contributed by atoms with Gasteiger partial charge in [0.1, 0.15) is 0 Å². The van der Waals surface area contributed by atoms with Gasteiger partial charge in [-0.2, -0.15) is 0 Å². The van der Waals surface area contributed by atoms with Gasteiger partial charge in [0.25, 0.3) is 0 Å². The van der Waals surface area contributed by atoms with Crippen molar-refractivity contribution in [2.75, 3.05) is 5.73 Å². The van der Waals surface area contributed by atoms with Crippen LogP contribution in [0.4, 0.5) is 19.1 Å². The summed E-state index contributed by atoms with van der Waals surface area (Å²) in [5.74, 6) is -4.38. The van der Waals surface area contributed by atoms with E-state index in [2.05, 4.69) is 25.6 Å². The fourth-order valence-electron chi connectivity index (χ4n) is 1.22. The Morgan fingerprint density at radius 1 is 1.12 bits per heavy atom. The van der Waals surface area contributed by atoms with Crippen LogP contribution in [0.2, 0.25) is 0 Å². The van der Waals surface area contributed by atoms with E-state index >= 15 is 0 Å². The van der Waals surface area contributed by atoms with Crippen LogP contribution in [0, 0.1) is 17.5 Å². The van der Waals surface area contributed by atoms with E-state index in [0.717, 1.165) is 12.3 Å². The molecule has 0 bridgehead atoms. The Morgan fingerprint density at radius 3 is 2.38 bits per heavy atom. The number of nitrogens with two attached hydrogens (primary N) is 1. The largest absolute Gasteiger partial charge is 0.367 e. The third kappa shape index (κ3) is 1.57. The van der Waals surface area contributed by atoms with Gasteiger partial charge in [0.05, 0.1) is 16.2 Å². The van der Waals surface area contributed by atoms with Crippen molar-refractivity contribution in [2.24, 2.45) is 0 Å². The summed E-state index contributed by atoms with van der Waals surface area (Å²) < 4.78 is 43.8. The molecule has 2 N–H and O–H groups in total. The van der Waals surface area contributed by atoms with Gasteiger partial charge in [-0.05, 0) is 22.0 Å². The minimum absolute atomic E-state index is 0.0668. The summed E-state index contributed by atoms with van der Waals surface area (Å²) in [5.41, 5.74) is 5.20. The number of hydrogen-bond donors (Lipinski definition) is 1. The Balaban J connectivity index is 2.72. The summed E-state index contributed by atoms with van der Waals surface area (Å²) in [7, 11) is 0. The molecule has 7 heteroatoms. The Kier molecular flexibility index (Phi) is 2.63. The lowest BCUT2D eigenvalue weighted by molar-refractivity contribution is 0.436. The molecular weight excluding hydrogens is 289 g/mol. The Bertz CT molecular complexity index is 556. The predicted molar refractivity (Wildman–Crippen MR) is 53.9 cm³/mol. The lowest BCUT2D eigenvalue weighted by Gasteiger charge is -2.04. The number of benzene rings is 1. The molecule has 0 saturated heterocycles. The quantitative estimate of drug-likeness (QED) is 0.649. The molecule has 0 aliphatic carbocycles. The van der Waals surface area contributed by atoms with Gasteiger partial charge in [-0.1, -0.05) is 5.16 Å². The minimum atomic E-state index is -1.58. The van der Waals surface area contributed by atoms with E-state index in [9.17, 15) is 13.2 Å². The van der Waals surface area contributed by atoms with Crippen molar-refractivity contribution in [1.29, 1.82) is 0 Å². The van der Waals surface area contributed by atoms with E-state index in [-0.39, 0.29) is 21.5 Å². The van der Waals surface area contributed by atoms with Crippen LogP contribution in [0.15, 0.2) is 21.3 Å². The fraction of sp³-hybridized carbons (Fsp3) is 0. The standard InChI is InChI=1S/C9H4BrF3N2O/c10-5-1-3(4-2-15-16-9(4)14)6(11)8(13)7(5)12/h1-2H,14H2. The van der Waals surface area contributed by atoms with Gasteiger partial charge in [0.2, 0.25) is 5.88 Å². The first-order valence-corrected chi connectivity index (χ1v) is 4.85. The minimum Gasteiger partial charge on any atom is -0.367 e. The van der Waals surface area contributed by atoms with E-state index in [1.165, 1.54) is 0 Å². The summed E-state index contributed by atoms with van der Waals surface area (Å²) >= 11 is 2.77. The second-order valence-electron chi connectivity index (χ2n) is 2.95. The smallest absolute Gasteiger partial charge is 0.230 e. The van der Waals surface area contributed by atoms with Crippen LogP contribution < -0.4 is 5.73 Å². The molecule has 3 nitrogen and oxygen atoms in total. The highest BCUT2D eigenvalue weighted by molar-refractivity contribution is 9.10. The molecule has 2 rings (SSSR count). The molecule has 1 heterocycles. The maximum Gasteiger partial charge on any atom is 0.230 e. The van der Waals surface area contributed by atoms with Crippen molar-refractivity contribution >= 4 is 21.8 Å². The topological polar surface area (TPSA) is 52.0 Å². The second-order valence-corrected chi connectivity index (χ2v) is 3.81. The molecule has 1 aromatic heterocycles. The Hall–Kier alpha value is -1.50. The van der Waals surface area contributed by atoms with Gasteiger partial charge in [-0.3, -0.25) is 0 Å². The Labute approximate surface area is 96.2 Å². The summed E-state index contributed by atoms with van der Waals surface area (Å²) in [4.78, 5) is 0. The van der Waals surface area contributed by atoms with Crippen LogP contribution in [0.1, 0.15) is 0 Å². The van der Waals surface area contributed by atoms with Gasteiger partial charge in [-0.15, -0.1) is 0 Å². The molecule has 0 fully saturated rings. The molecule has 0 spiro atoms. The molecule has 0 atom stereocenters. The number of halogens is 4. The number of aromatic nitrogens is 1. The van der Waals surface area contributed by atoms with E-state index in [0.29, 0.717) is 0 Å². The van der Waals surface area contributed by atoms with E-state index in [1.54, 1.807) is 0 Å². The molecule has 0 unspecified atom stereocenters. The first-order chi connectivity index (χ1) is 7.52. The summed E-state index contributed by atoms with van der Waals surface area (Å²) in [6, 6.07) is 1.07. The molecule has 1 aromatic carbocycles. The van der Waals surface area contributed by atoms with Crippen molar-refractivity contribution in [3.63, 3.8) is 0 Å². The number of nitrogens with zero attached hydrogens (tertiary/aromatic N) is 1. The van der Waals surface area contributed by atoms with Gasteiger partial charge in [0, 0.05) is 5.56 Å². The van der Waals surface area contributed by atoms with Gasteiger partial charge in [0.15, 0.2) is 17.5 Å². The van der Waals surface area contributed by atoms with Crippen molar-refractivity contribution < 1.29 is 17.7 Å². The van der Waals surface area contributed by atoms with Crippen LogP contribution in [0.25, 0.3) is 11.1 Å². The molecular formula is C9H4BrF3N2O. The maximum absolute atomic E-state index is 13.4. The number of hydrogen-bond acceptors (Lipinski definition) is 3. The lowest BCUT2D eigenvalue weighted by Crippen LogP contribution is -1.96. The summed E-state index contributed by atoms with van der Waals surface area (Å²) in [5, 5.41) is 3.32. The van der Waals surface area contributed by atoms with Gasteiger partial charge in [-0.25, -0.2) is 13.2 Å². The third-order valence-electron chi connectivity index (χ3n) is 1.99. The van der Waals surface area contributed by atoms with Crippen LogP contribution in [-0.4, -0.2) is 5.16 Å². The molecule has 0 amide bonds. The second kappa shape index (κ2) is 3.82. The van der Waals surface area contributed by atoms with Crippen LogP contribution in [0.5, 0.6) is 0 Å². The van der Waals surface area contributed by atoms with Crippen molar-refractivity contribution in [1.82, 2.24) is 5.16 Å². The third-order valence-corrected chi connectivity index (χ3v) is 2.57. The first kappa shape index (κ1) is 11.0. The Morgan fingerprint density at radius 2 is 1.81 bits per heavy atom. The normalized spacial score (nSPS) is 10.8. The lowest BCUT2D eigenvalue weighted by atomic mass is 10.1. The maximum atomic E-state index is 13.4. The van der Waals surface area contributed by atoms with Gasteiger partial charge < -0.3 is 10.3 Å². The summed E-state index contributed by atoms with van der Waals surface area (Å²) in [6.45, 7) is 0. The molecule has 0 saturated carbocycles. The average molecular weight is 293 g/mol. The van der Waals surface area contributed by atoms with E-state index in [1.807, 2.05) is 0 Å². The van der Waals surface area contributed by atoms with E-state index in [4.69, 9.17) is 5.73 Å². The zero-order valence-electron chi connectivity index (χ0n) is 7.60. The summed E-state index contributed by atoms with van der Waals surface area (Å²) in [6.07, 6.45) is 1.12. The highest BCUT2D eigenvalue weighted by atomic mass is 79.9. The molecule has 2 aromatic rings. The average Bonchev–Trinajstić information content (AvgIpc) is 2.67. The van der Waals surface area contributed by atoms with Gasteiger partial charge >= 0.3 is 0 Å². The molecule has 0 radical (unpaired) electrons. The molecule has 84 valence electrons. The predicted octanol–water partition coefficient (Wildman–Crippen LogP) is 3.10. The monoisotopic (exact) mass is 292 g/mol. The number of nitrogen functional groups attached to an aromatic ring is 1. The van der Waals surface area contributed by atoms with Crippen LogP contribution in [0.3, 0.4) is 0 Å². The van der Waals surface area contributed by atoms with E-state index < -0.39 is 17.5 Å². The van der Waals surface area contributed by atoms with Crippen molar-refractivity contribution in [2.45, 2.75) is 0 Å². The van der Waals surface area contributed by atoms with Crippen molar-refractivity contribution in [3.8, 4) is 11.1 Å². The zero-order valence-corrected chi connectivity index (χ0v) is 9.19. The molecule has 0 aliphatic rings. The molecule has 16 heavy (non-hydrogen) atoms. The highest BCUT2D eigenvalue weighted by Crippen LogP contribution is 2.33. The fourth-order valence-corrected chi connectivity index (χ4v) is 1.62. The van der Waals surface area contributed by atoms with Crippen LogP contribution >= 0.6 is 15.9 Å². The number of anilines is 1.